The Morgan fingerprint density at radius 3 is 2.69 bits per heavy atom. The van der Waals surface area contributed by atoms with Crippen LogP contribution >= 0.6 is 0 Å². The second kappa shape index (κ2) is 4.21. The van der Waals surface area contributed by atoms with Crippen molar-refractivity contribution in [3.05, 3.63) is 42.5 Å². The van der Waals surface area contributed by atoms with Gasteiger partial charge in [-0.05, 0) is 12.1 Å². The Labute approximate surface area is 75.6 Å². The van der Waals surface area contributed by atoms with E-state index in [1.165, 1.54) is 0 Å². The second-order valence-electron chi connectivity index (χ2n) is 2.28. The first kappa shape index (κ1) is 9.19. The van der Waals surface area contributed by atoms with Crippen LogP contribution in [0.1, 0.15) is 10.4 Å². The maximum Gasteiger partial charge on any atom is 0.335 e. The molecule has 0 aliphatic rings. The molecule has 0 heterocycles. The minimum absolute atomic E-state index is 0.252. The molecule has 0 aliphatic carbocycles. The molecule has 0 amide bonds. The Morgan fingerprint density at radius 1 is 1.38 bits per heavy atom. The number of aldehydes is 1. The predicted octanol–water partition coefficient (Wildman–Crippen LogP) is 1.59. The summed E-state index contributed by atoms with van der Waals surface area (Å²) >= 11 is 0. The van der Waals surface area contributed by atoms with Crippen LogP contribution < -0.4 is 4.74 Å². The normalized spacial score (nSPS) is 8.92. The molecule has 0 fully saturated rings. The van der Waals surface area contributed by atoms with Crippen molar-refractivity contribution in [1.29, 1.82) is 0 Å². The summed E-state index contributed by atoms with van der Waals surface area (Å²) in [4.78, 5) is 21.3. The minimum atomic E-state index is -0.575. The van der Waals surface area contributed by atoms with Gasteiger partial charge < -0.3 is 4.74 Å². The van der Waals surface area contributed by atoms with E-state index in [1.54, 1.807) is 24.3 Å². The number of rotatable bonds is 3. The average molecular weight is 176 g/mol. The summed E-state index contributed by atoms with van der Waals surface area (Å²) in [7, 11) is 0. The Morgan fingerprint density at radius 2 is 2.08 bits per heavy atom. The zero-order valence-corrected chi connectivity index (χ0v) is 6.90. The number of benzene rings is 1. The zero-order chi connectivity index (χ0) is 9.68. The van der Waals surface area contributed by atoms with Gasteiger partial charge in [-0.1, -0.05) is 18.7 Å². The SMILES string of the molecule is C=CC(=O)Oc1ccccc1C=O. The number of ether oxygens (including phenoxy) is 1. The van der Waals surface area contributed by atoms with E-state index in [0.29, 0.717) is 11.8 Å². The fourth-order valence-electron chi connectivity index (χ4n) is 0.821. The number of carbonyl (C=O) groups is 2. The summed E-state index contributed by atoms with van der Waals surface area (Å²) in [5, 5.41) is 0. The smallest absolute Gasteiger partial charge is 0.335 e. The van der Waals surface area contributed by atoms with Gasteiger partial charge in [0.15, 0.2) is 6.29 Å². The molecule has 0 bridgehead atoms. The number of esters is 1. The summed E-state index contributed by atoms with van der Waals surface area (Å²) in [6.45, 7) is 3.25. The van der Waals surface area contributed by atoms with Crippen molar-refractivity contribution in [2.75, 3.05) is 0 Å². The van der Waals surface area contributed by atoms with Crippen molar-refractivity contribution in [1.82, 2.24) is 0 Å². The van der Waals surface area contributed by atoms with Gasteiger partial charge in [-0.25, -0.2) is 4.79 Å². The van der Waals surface area contributed by atoms with Crippen molar-refractivity contribution in [3.63, 3.8) is 0 Å². The van der Waals surface area contributed by atoms with E-state index in [-0.39, 0.29) is 5.75 Å². The molecule has 0 aromatic heterocycles. The third-order valence-corrected chi connectivity index (χ3v) is 1.42. The van der Waals surface area contributed by atoms with E-state index in [9.17, 15) is 9.59 Å². The van der Waals surface area contributed by atoms with Crippen LogP contribution in [0, 0.1) is 0 Å². The van der Waals surface area contributed by atoms with Crippen molar-refractivity contribution in [2.24, 2.45) is 0 Å². The molecule has 3 nitrogen and oxygen atoms in total. The molecule has 0 atom stereocenters. The highest BCUT2D eigenvalue weighted by molar-refractivity contribution is 5.86. The summed E-state index contributed by atoms with van der Waals surface area (Å²) in [6.07, 6.45) is 1.67. The molecule has 66 valence electrons. The summed E-state index contributed by atoms with van der Waals surface area (Å²) < 4.78 is 4.80. The van der Waals surface area contributed by atoms with Crippen LogP contribution in [-0.2, 0) is 4.79 Å². The first-order valence-corrected chi connectivity index (χ1v) is 3.66. The van der Waals surface area contributed by atoms with Gasteiger partial charge >= 0.3 is 5.97 Å². The Balaban J connectivity index is 2.93. The van der Waals surface area contributed by atoms with Crippen LogP contribution in [0.15, 0.2) is 36.9 Å². The lowest BCUT2D eigenvalue weighted by molar-refractivity contribution is -0.128. The van der Waals surface area contributed by atoms with Crippen LogP contribution in [-0.4, -0.2) is 12.3 Å². The van der Waals surface area contributed by atoms with Crippen molar-refractivity contribution in [2.45, 2.75) is 0 Å². The topological polar surface area (TPSA) is 43.4 Å². The van der Waals surface area contributed by atoms with E-state index in [4.69, 9.17) is 4.74 Å². The Bertz CT molecular complexity index is 342. The maximum absolute atomic E-state index is 10.8. The lowest BCUT2D eigenvalue weighted by Gasteiger charge is -2.02. The number of carbonyl (C=O) groups excluding carboxylic acids is 2. The first-order valence-electron chi connectivity index (χ1n) is 3.66. The molecule has 0 N–H and O–H groups in total. The Kier molecular flexibility index (Phi) is 2.97. The third kappa shape index (κ3) is 2.27. The summed E-state index contributed by atoms with van der Waals surface area (Å²) in [5.74, 6) is -0.322. The zero-order valence-electron chi connectivity index (χ0n) is 6.90. The molecule has 0 radical (unpaired) electrons. The molecule has 0 saturated carbocycles. The van der Waals surface area contributed by atoms with Gasteiger partial charge in [0.1, 0.15) is 5.75 Å². The fraction of sp³-hybridized carbons (Fsp3) is 0. The van der Waals surface area contributed by atoms with Gasteiger partial charge in [0, 0.05) is 6.08 Å². The maximum atomic E-state index is 10.8. The molecule has 0 spiro atoms. The van der Waals surface area contributed by atoms with E-state index in [2.05, 4.69) is 6.58 Å². The minimum Gasteiger partial charge on any atom is -0.423 e. The molecule has 0 unspecified atom stereocenters. The van der Waals surface area contributed by atoms with Crippen LogP contribution in [0.4, 0.5) is 0 Å². The fourth-order valence-corrected chi connectivity index (χ4v) is 0.821. The molecule has 1 aromatic rings. The lowest BCUT2D eigenvalue weighted by Crippen LogP contribution is -2.04. The van der Waals surface area contributed by atoms with Gasteiger partial charge in [-0.15, -0.1) is 0 Å². The van der Waals surface area contributed by atoms with Gasteiger partial charge in [0.25, 0.3) is 0 Å². The van der Waals surface area contributed by atoms with Crippen LogP contribution in [0.5, 0.6) is 5.75 Å². The van der Waals surface area contributed by atoms with E-state index in [1.807, 2.05) is 0 Å². The standard InChI is InChI=1S/C10H8O3/c1-2-10(12)13-9-6-4-3-5-8(9)7-11/h2-7H,1H2. The van der Waals surface area contributed by atoms with Crippen LogP contribution in [0.25, 0.3) is 0 Å². The molecule has 0 saturated heterocycles. The highest BCUT2D eigenvalue weighted by atomic mass is 16.5. The van der Waals surface area contributed by atoms with Crippen molar-refractivity contribution in [3.8, 4) is 5.75 Å². The molecule has 1 aromatic carbocycles. The van der Waals surface area contributed by atoms with Gasteiger partial charge in [-0.3, -0.25) is 4.79 Å². The van der Waals surface area contributed by atoms with Crippen LogP contribution in [0.3, 0.4) is 0 Å². The van der Waals surface area contributed by atoms with Gasteiger partial charge in [-0.2, -0.15) is 0 Å². The summed E-state index contributed by atoms with van der Waals surface area (Å²) in [5.41, 5.74) is 0.345. The lowest BCUT2D eigenvalue weighted by atomic mass is 10.2. The molecule has 1 rings (SSSR count). The third-order valence-electron chi connectivity index (χ3n) is 1.42. The molecular formula is C10H8O3. The number of hydrogen-bond donors (Lipinski definition) is 0. The molecular weight excluding hydrogens is 168 g/mol. The van der Waals surface area contributed by atoms with E-state index >= 15 is 0 Å². The average Bonchev–Trinajstić information content (AvgIpc) is 2.18. The van der Waals surface area contributed by atoms with Crippen molar-refractivity contribution < 1.29 is 14.3 Å². The summed E-state index contributed by atoms with van der Waals surface area (Å²) in [6, 6.07) is 6.48. The number of hydrogen-bond acceptors (Lipinski definition) is 3. The number of para-hydroxylation sites is 1. The second-order valence-corrected chi connectivity index (χ2v) is 2.28. The quantitative estimate of drug-likeness (QED) is 0.304. The van der Waals surface area contributed by atoms with Crippen molar-refractivity contribution >= 4 is 12.3 Å². The monoisotopic (exact) mass is 176 g/mol. The highest BCUT2D eigenvalue weighted by Crippen LogP contribution is 2.15. The largest absolute Gasteiger partial charge is 0.423 e. The van der Waals surface area contributed by atoms with Gasteiger partial charge in [0.2, 0.25) is 0 Å². The first-order chi connectivity index (χ1) is 6.27. The Hall–Kier alpha value is -1.90. The van der Waals surface area contributed by atoms with Crippen LogP contribution in [0.2, 0.25) is 0 Å². The molecule has 13 heavy (non-hydrogen) atoms. The van der Waals surface area contributed by atoms with Gasteiger partial charge in [0.05, 0.1) is 5.56 Å². The van der Waals surface area contributed by atoms with E-state index in [0.717, 1.165) is 6.08 Å². The molecule has 3 heteroatoms. The predicted molar refractivity (Wildman–Crippen MR) is 47.7 cm³/mol. The highest BCUT2D eigenvalue weighted by Gasteiger charge is 2.04. The van der Waals surface area contributed by atoms with E-state index < -0.39 is 5.97 Å². The molecule has 0 aliphatic heterocycles.